The summed E-state index contributed by atoms with van der Waals surface area (Å²) in [4.78, 5) is 4.65. The van der Waals surface area contributed by atoms with Crippen LogP contribution in [0.1, 0.15) is 5.56 Å². The monoisotopic (exact) mass is 235 g/mol. The first-order valence-electron chi connectivity index (χ1n) is 5.90. The van der Waals surface area contributed by atoms with Gasteiger partial charge in [-0.25, -0.2) is 4.98 Å². The molecular formula is C16H13NO. The number of fused-ring (bicyclic) bond motifs is 1. The first-order valence-corrected chi connectivity index (χ1v) is 5.90. The molecule has 2 nitrogen and oxygen atoms in total. The summed E-state index contributed by atoms with van der Waals surface area (Å²) < 4.78 is 0. The predicted molar refractivity (Wildman–Crippen MR) is 73.6 cm³/mol. The van der Waals surface area contributed by atoms with Crippen molar-refractivity contribution in [2.24, 2.45) is 0 Å². The quantitative estimate of drug-likeness (QED) is 0.693. The molecule has 1 heterocycles. The number of aromatic hydroxyl groups is 1. The zero-order chi connectivity index (χ0) is 12.5. The molecule has 0 saturated carbocycles. The Kier molecular flexibility index (Phi) is 2.49. The molecule has 2 heteroatoms. The highest BCUT2D eigenvalue weighted by Crippen LogP contribution is 2.31. The lowest BCUT2D eigenvalue weighted by Crippen LogP contribution is -1.90. The largest absolute Gasteiger partial charge is 0.507 e. The Hall–Kier alpha value is -2.35. The van der Waals surface area contributed by atoms with Crippen molar-refractivity contribution >= 4 is 10.9 Å². The van der Waals surface area contributed by atoms with Crippen molar-refractivity contribution < 1.29 is 5.11 Å². The van der Waals surface area contributed by atoms with Gasteiger partial charge in [-0.3, -0.25) is 0 Å². The van der Waals surface area contributed by atoms with Gasteiger partial charge in [-0.15, -0.1) is 0 Å². The molecule has 0 amide bonds. The molecule has 0 radical (unpaired) electrons. The van der Waals surface area contributed by atoms with E-state index in [1.165, 1.54) is 0 Å². The van der Waals surface area contributed by atoms with Crippen molar-refractivity contribution in [3.8, 4) is 17.0 Å². The predicted octanol–water partition coefficient (Wildman–Crippen LogP) is 3.92. The SMILES string of the molecule is Cc1cc2ccccc2nc1-c1ccccc1O. The first kappa shape index (κ1) is 10.8. The van der Waals surface area contributed by atoms with Crippen LogP contribution in [0.25, 0.3) is 22.2 Å². The molecule has 88 valence electrons. The van der Waals surface area contributed by atoms with Crippen LogP contribution in [0.4, 0.5) is 0 Å². The number of hydrogen-bond donors (Lipinski definition) is 1. The third-order valence-electron chi connectivity index (χ3n) is 3.07. The topological polar surface area (TPSA) is 33.1 Å². The van der Waals surface area contributed by atoms with Crippen molar-refractivity contribution in [2.75, 3.05) is 0 Å². The fourth-order valence-electron chi connectivity index (χ4n) is 2.17. The average molecular weight is 235 g/mol. The Bertz CT molecular complexity index is 719. The van der Waals surface area contributed by atoms with E-state index in [4.69, 9.17) is 0 Å². The van der Waals surface area contributed by atoms with E-state index in [2.05, 4.69) is 11.1 Å². The second-order valence-corrected chi connectivity index (χ2v) is 4.36. The van der Waals surface area contributed by atoms with E-state index < -0.39 is 0 Å². The van der Waals surface area contributed by atoms with Gasteiger partial charge in [-0.1, -0.05) is 30.3 Å². The fourth-order valence-corrected chi connectivity index (χ4v) is 2.17. The Balaban J connectivity index is 2.30. The van der Waals surface area contributed by atoms with Crippen LogP contribution in [0.3, 0.4) is 0 Å². The first-order chi connectivity index (χ1) is 8.75. The molecule has 0 saturated heterocycles. The minimum Gasteiger partial charge on any atom is -0.507 e. The van der Waals surface area contributed by atoms with E-state index in [0.29, 0.717) is 0 Å². The van der Waals surface area contributed by atoms with Gasteiger partial charge in [-0.2, -0.15) is 0 Å². The normalized spacial score (nSPS) is 10.7. The standard InChI is InChI=1S/C16H13NO/c1-11-10-12-6-2-4-8-14(12)17-16(11)13-7-3-5-9-15(13)18/h2-10,18H,1H3. The number of benzene rings is 2. The van der Waals surface area contributed by atoms with E-state index in [1.54, 1.807) is 6.07 Å². The van der Waals surface area contributed by atoms with Gasteiger partial charge in [0.25, 0.3) is 0 Å². The summed E-state index contributed by atoms with van der Waals surface area (Å²) in [6.07, 6.45) is 0. The van der Waals surface area contributed by atoms with Gasteiger partial charge in [0.05, 0.1) is 11.2 Å². The molecule has 1 N–H and O–H groups in total. The summed E-state index contributed by atoms with van der Waals surface area (Å²) >= 11 is 0. The number of hydrogen-bond acceptors (Lipinski definition) is 2. The molecule has 0 aliphatic rings. The van der Waals surface area contributed by atoms with E-state index in [-0.39, 0.29) is 5.75 Å². The van der Waals surface area contributed by atoms with Gasteiger partial charge in [0.1, 0.15) is 5.75 Å². The summed E-state index contributed by atoms with van der Waals surface area (Å²) in [6, 6.07) is 17.4. The molecule has 18 heavy (non-hydrogen) atoms. The van der Waals surface area contributed by atoms with Crippen LogP contribution < -0.4 is 0 Å². The maximum Gasteiger partial charge on any atom is 0.124 e. The van der Waals surface area contributed by atoms with Crippen LogP contribution in [-0.2, 0) is 0 Å². The molecule has 0 atom stereocenters. The minimum atomic E-state index is 0.267. The van der Waals surface area contributed by atoms with E-state index in [0.717, 1.165) is 27.7 Å². The lowest BCUT2D eigenvalue weighted by molar-refractivity contribution is 0.477. The van der Waals surface area contributed by atoms with Gasteiger partial charge < -0.3 is 5.11 Å². The van der Waals surface area contributed by atoms with Gasteiger partial charge in [0, 0.05) is 10.9 Å². The molecule has 1 aromatic heterocycles. The van der Waals surface area contributed by atoms with Crippen LogP contribution in [0.15, 0.2) is 54.6 Å². The number of rotatable bonds is 1. The van der Waals surface area contributed by atoms with Crippen LogP contribution in [0.5, 0.6) is 5.75 Å². The number of pyridine rings is 1. The Morgan fingerprint density at radius 2 is 1.67 bits per heavy atom. The summed E-state index contributed by atoms with van der Waals surface area (Å²) in [6.45, 7) is 2.02. The van der Waals surface area contributed by atoms with Crippen LogP contribution in [-0.4, -0.2) is 10.1 Å². The number of para-hydroxylation sites is 2. The zero-order valence-electron chi connectivity index (χ0n) is 10.1. The van der Waals surface area contributed by atoms with Crippen molar-refractivity contribution in [3.05, 3.63) is 60.2 Å². The maximum atomic E-state index is 9.92. The van der Waals surface area contributed by atoms with Crippen molar-refractivity contribution in [1.82, 2.24) is 4.98 Å². The fraction of sp³-hybridized carbons (Fsp3) is 0.0625. The highest BCUT2D eigenvalue weighted by atomic mass is 16.3. The van der Waals surface area contributed by atoms with Gasteiger partial charge in [0.2, 0.25) is 0 Å². The summed E-state index contributed by atoms with van der Waals surface area (Å²) in [5.74, 6) is 0.267. The second kappa shape index (κ2) is 4.15. The van der Waals surface area contributed by atoms with E-state index in [9.17, 15) is 5.11 Å². The summed E-state index contributed by atoms with van der Waals surface area (Å²) in [5, 5.41) is 11.0. The van der Waals surface area contributed by atoms with Crippen molar-refractivity contribution in [2.45, 2.75) is 6.92 Å². The third kappa shape index (κ3) is 1.72. The molecule has 0 aliphatic carbocycles. The van der Waals surface area contributed by atoms with Gasteiger partial charge in [0.15, 0.2) is 0 Å². The van der Waals surface area contributed by atoms with Crippen LogP contribution in [0.2, 0.25) is 0 Å². The Morgan fingerprint density at radius 3 is 2.50 bits per heavy atom. The Morgan fingerprint density at radius 1 is 0.944 bits per heavy atom. The average Bonchev–Trinajstić information content (AvgIpc) is 2.39. The highest BCUT2D eigenvalue weighted by molar-refractivity contribution is 5.84. The molecule has 0 fully saturated rings. The third-order valence-corrected chi connectivity index (χ3v) is 3.07. The van der Waals surface area contributed by atoms with E-state index in [1.807, 2.05) is 49.4 Å². The van der Waals surface area contributed by atoms with Crippen LogP contribution in [0, 0.1) is 6.92 Å². The van der Waals surface area contributed by atoms with Crippen molar-refractivity contribution in [1.29, 1.82) is 0 Å². The molecule has 0 aliphatic heterocycles. The number of nitrogens with zero attached hydrogens (tertiary/aromatic N) is 1. The van der Waals surface area contributed by atoms with Gasteiger partial charge in [-0.05, 0) is 36.8 Å². The molecule has 0 spiro atoms. The maximum absolute atomic E-state index is 9.92. The summed E-state index contributed by atoms with van der Waals surface area (Å²) in [7, 11) is 0. The molecular weight excluding hydrogens is 222 g/mol. The number of aromatic nitrogens is 1. The zero-order valence-corrected chi connectivity index (χ0v) is 10.1. The molecule has 2 aromatic carbocycles. The van der Waals surface area contributed by atoms with E-state index >= 15 is 0 Å². The molecule has 0 unspecified atom stereocenters. The second-order valence-electron chi connectivity index (χ2n) is 4.36. The minimum absolute atomic E-state index is 0.267. The summed E-state index contributed by atoms with van der Waals surface area (Å²) in [5.41, 5.74) is 3.63. The molecule has 0 bridgehead atoms. The number of phenols is 1. The molecule has 3 rings (SSSR count). The lowest BCUT2D eigenvalue weighted by atomic mass is 10.0. The molecule has 3 aromatic rings. The van der Waals surface area contributed by atoms with Gasteiger partial charge >= 0.3 is 0 Å². The smallest absolute Gasteiger partial charge is 0.124 e. The van der Waals surface area contributed by atoms with Crippen LogP contribution >= 0.6 is 0 Å². The highest BCUT2D eigenvalue weighted by Gasteiger charge is 2.09. The van der Waals surface area contributed by atoms with Crippen molar-refractivity contribution in [3.63, 3.8) is 0 Å². The Labute approximate surface area is 106 Å². The lowest BCUT2D eigenvalue weighted by Gasteiger charge is -2.08. The number of phenolic OH excluding ortho intramolecular Hbond substituents is 1. The number of aryl methyl sites for hydroxylation is 1.